The molecule has 174 valence electrons. The van der Waals surface area contributed by atoms with Crippen LogP contribution in [0, 0.1) is 26.6 Å². The number of hydrogen-bond donors (Lipinski definition) is 2. The maximum absolute atomic E-state index is 13.1. The van der Waals surface area contributed by atoms with E-state index in [1.807, 2.05) is 25.1 Å². The van der Waals surface area contributed by atoms with Crippen LogP contribution in [0.4, 0.5) is 10.1 Å². The highest BCUT2D eigenvalue weighted by molar-refractivity contribution is 5.99. The number of amides is 2. The Hall–Kier alpha value is -4.27. The molecule has 0 spiro atoms. The van der Waals surface area contributed by atoms with Crippen LogP contribution < -0.4 is 16.2 Å². The number of nitrogens with one attached hydrogen (secondary N) is 2. The van der Waals surface area contributed by atoms with E-state index >= 15 is 0 Å². The van der Waals surface area contributed by atoms with Gasteiger partial charge < -0.3 is 10.6 Å². The third kappa shape index (κ3) is 4.59. The summed E-state index contributed by atoms with van der Waals surface area (Å²) in [4.78, 5) is 38.5. The van der Waals surface area contributed by atoms with Crippen LogP contribution in [0.5, 0.6) is 0 Å². The topological polar surface area (TPSA) is 97.5 Å². The molecular weight excluding hydrogens is 437 g/mol. The fraction of sp³-hybridized carbons (Fsp3) is 0.200. The van der Waals surface area contributed by atoms with E-state index in [-0.39, 0.29) is 36.2 Å². The van der Waals surface area contributed by atoms with E-state index in [0.717, 1.165) is 15.8 Å². The van der Waals surface area contributed by atoms with Gasteiger partial charge in [0, 0.05) is 17.9 Å². The van der Waals surface area contributed by atoms with Crippen LogP contribution >= 0.6 is 0 Å². The second-order valence-electron chi connectivity index (χ2n) is 8.12. The lowest BCUT2D eigenvalue weighted by atomic mass is 10.1. The summed E-state index contributed by atoms with van der Waals surface area (Å²) in [5, 5.41) is 9.69. The summed E-state index contributed by atoms with van der Waals surface area (Å²) in [5.74, 6) is -1.09. The van der Waals surface area contributed by atoms with Crippen LogP contribution in [0.25, 0.3) is 5.52 Å². The molecule has 8 nitrogen and oxygen atoms in total. The van der Waals surface area contributed by atoms with E-state index in [1.54, 1.807) is 36.4 Å². The van der Waals surface area contributed by atoms with Crippen LogP contribution in [0.2, 0.25) is 0 Å². The molecule has 4 rings (SSSR count). The zero-order chi connectivity index (χ0) is 24.4. The summed E-state index contributed by atoms with van der Waals surface area (Å²) in [6.45, 7) is 5.28. The average molecular weight is 461 g/mol. The minimum atomic E-state index is -0.472. The number of rotatable bonds is 6. The second kappa shape index (κ2) is 9.30. The first kappa shape index (κ1) is 22.9. The number of aromatic nitrogens is 3. The van der Waals surface area contributed by atoms with Gasteiger partial charge in [0.1, 0.15) is 24.2 Å². The molecule has 0 unspecified atom stereocenters. The lowest BCUT2D eigenvalue weighted by molar-refractivity contribution is -0.117. The van der Waals surface area contributed by atoms with Crippen molar-refractivity contribution in [3.8, 4) is 0 Å². The Labute approximate surface area is 195 Å². The van der Waals surface area contributed by atoms with Gasteiger partial charge in [-0.25, -0.2) is 9.07 Å². The van der Waals surface area contributed by atoms with Crippen molar-refractivity contribution in [1.29, 1.82) is 0 Å². The molecular formula is C25H24FN5O3. The molecule has 34 heavy (non-hydrogen) atoms. The predicted molar refractivity (Wildman–Crippen MR) is 126 cm³/mol. The number of hydrogen-bond acceptors (Lipinski definition) is 4. The van der Waals surface area contributed by atoms with Crippen molar-refractivity contribution < 1.29 is 14.0 Å². The Morgan fingerprint density at radius 2 is 1.79 bits per heavy atom. The van der Waals surface area contributed by atoms with Gasteiger partial charge in [-0.15, -0.1) is 0 Å². The number of carbonyl (C=O) groups excluding carboxylic acids is 2. The van der Waals surface area contributed by atoms with Crippen molar-refractivity contribution in [3.63, 3.8) is 0 Å². The van der Waals surface area contributed by atoms with Crippen LogP contribution in [-0.2, 0) is 17.9 Å². The van der Waals surface area contributed by atoms with Crippen LogP contribution in [-0.4, -0.2) is 26.0 Å². The minimum absolute atomic E-state index is 0.214. The first-order valence-corrected chi connectivity index (χ1v) is 10.7. The predicted octanol–water partition coefficient (Wildman–Crippen LogP) is 3.13. The molecule has 0 bridgehead atoms. The molecule has 0 saturated heterocycles. The van der Waals surface area contributed by atoms with Gasteiger partial charge in [-0.1, -0.05) is 24.3 Å². The number of halogens is 1. The number of anilines is 1. The molecule has 0 aliphatic rings. The van der Waals surface area contributed by atoms with E-state index < -0.39 is 5.56 Å². The Bertz CT molecular complexity index is 1450. The van der Waals surface area contributed by atoms with Gasteiger partial charge in [0.2, 0.25) is 5.91 Å². The van der Waals surface area contributed by atoms with E-state index in [1.165, 1.54) is 18.5 Å². The van der Waals surface area contributed by atoms with Gasteiger partial charge in [-0.05, 0) is 61.7 Å². The molecule has 0 fully saturated rings. The lowest BCUT2D eigenvalue weighted by Crippen LogP contribution is -2.30. The highest BCUT2D eigenvalue weighted by Crippen LogP contribution is 2.20. The number of nitrogens with zero attached hydrogens (tertiary/aromatic N) is 3. The standard InChI is InChI=1S/C25H24FN5O3/c1-15-5-4-6-20(11-15)29-21(32)13-31-25(34)23-16(2)22(17(3)30(23)14-28-31)24(33)27-12-18-7-9-19(26)10-8-18/h4-11,14H,12-13H2,1-3H3,(H,27,33)(H,29,32). The second-order valence-corrected chi connectivity index (χ2v) is 8.12. The summed E-state index contributed by atoms with van der Waals surface area (Å²) in [7, 11) is 0. The SMILES string of the molecule is Cc1cccc(NC(=O)Cn2ncn3c(C)c(C(=O)NCc4ccc(F)cc4)c(C)c3c2=O)c1. The molecule has 0 aliphatic heterocycles. The number of fused-ring (bicyclic) bond motifs is 1. The first-order chi connectivity index (χ1) is 16.2. The minimum Gasteiger partial charge on any atom is -0.348 e. The molecule has 2 heterocycles. The van der Waals surface area contributed by atoms with Crippen LogP contribution in [0.15, 0.2) is 59.7 Å². The zero-order valence-electron chi connectivity index (χ0n) is 19.1. The summed E-state index contributed by atoms with van der Waals surface area (Å²) in [6, 6.07) is 13.2. The fourth-order valence-electron chi connectivity index (χ4n) is 3.93. The maximum Gasteiger partial charge on any atom is 0.291 e. The third-order valence-electron chi connectivity index (χ3n) is 5.63. The monoisotopic (exact) mass is 461 g/mol. The van der Waals surface area contributed by atoms with Gasteiger partial charge in [0.15, 0.2) is 0 Å². The quantitative estimate of drug-likeness (QED) is 0.461. The summed E-state index contributed by atoms with van der Waals surface area (Å²) < 4.78 is 15.7. The van der Waals surface area contributed by atoms with Gasteiger partial charge >= 0.3 is 0 Å². The average Bonchev–Trinajstić information content (AvgIpc) is 3.05. The summed E-state index contributed by atoms with van der Waals surface area (Å²) in [6.07, 6.45) is 1.43. The zero-order valence-corrected chi connectivity index (χ0v) is 19.1. The Kier molecular flexibility index (Phi) is 6.27. The third-order valence-corrected chi connectivity index (χ3v) is 5.63. The van der Waals surface area contributed by atoms with Crippen molar-refractivity contribution >= 4 is 23.0 Å². The van der Waals surface area contributed by atoms with E-state index in [2.05, 4.69) is 15.7 Å². The van der Waals surface area contributed by atoms with E-state index in [9.17, 15) is 18.8 Å². The van der Waals surface area contributed by atoms with E-state index in [0.29, 0.717) is 22.5 Å². The normalized spacial score (nSPS) is 10.9. The molecule has 9 heteroatoms. The molecule has 2 amide bonds. The van der Waals surface area contributed by atoms with Crippen molar-refractivity contribution in [3.05, 3.63) is 99.0 Å². The van der Waals surface area contributed by atoms with Crippen LogP contribution in [0.3, 0.4) is 0 Å². The van der Waals surface area contributed by atoms with Gasteiger partial charge in [-0.3, -0.25) is 18.8 Å². The van der Waals surface area contributed by atoms with Crippen molar-refractivity contribution in [2.24, 2.45) is 0 Å². The van der Waals surface area contributed by atoms with Gasteiger partial charge in [0.05, 0.1) is 5.56 Å². The molecule has 0 radical (unpaired) electrons. The highest BCUT2D eigenvalue weighted by atomic mass is 19.1. The smallest absolute Gasteiger partial charge is 0.291 e. The van der Waals surface area contributed by atoms with Gasteiger partial charge in [-0.2, -0.15) is 5.10 Å². The Morgan fingerprint density at radius 1 is 1.06 bits per heavy atom. The number of benzene rings is 2. The molecule has 2 aromatic carbocycles. The van der Waals surface area contributed by atoms with Gasteiger partial charge in [0.25, 0.3) is 11.5 Å². The Morgan fingerprint density at radius 3 is 2.50 bits per heavy atom. The summed E-state index contributed by atoms with van der Waals surface area (Å²) in [5.41, 5.74) is 3.61. The fourth-order valence-corrected chi connectivity index (χ4v) is 3.93. The Balaban J connectivity index is 1.57. The number of carbonyl (C=O) groups is 2. The highest BCUT2D eigenvalue weighted by Gasteiger charge is 2.22. The lowest BCUT2D eigenvalue weighted by Gasteiger charge is -2.08. The first-order valence-electron chi connectivity index (χ1n) is 10.7. The molecule has 2 aromatic heterocycles. The molecule has 4 aromatic rings. The maximum atomic E-state index is 13.1. The largest absolute Gasteiger partial charge is 0.348 e. The van der Waals surface area contributed by atoms with Crippen molar-refractivity contribution in [2.45, 2.75) is 33.9 Å². The molecule has 2 N–H and O–H groups in total. The van der Waals surface area contributed by atoms with Crippen molar-refractivity contribution in [1.82, 2.24) is 19.5 Å². The molecule has 0 aliphatic carbocycles. The van der Waals surface area contributed by atoms with Crippen LogP contribution in [0.1, 0.15) is 32.7 Å². The summed E-state index contributed by atoms with van der Waals surface area (Å²) >= 11 is 0. The number of aryl methyl sites for hydroxylation is 3. The molecule has 0 atom stereocenters. The van der Waals surface area contributed by atoms with E-state index in [4.69, 9.17) is 0 Å². The molecule has 0 saturated carbocycles. The van der Waals surface area contributed by atoms with Crippen molar-refractivity contribution in [2.75, 3.05) is 5.32 Å².